The lowest BCUT2D eigenvalue weighted by molar-refractivity contribution is -0.383. The van der Waals surface area contributed by atoms with E-state index in [1.165, 1.54) is 17.8 Å². The van der Waals surface area contributed by atoms with Gasteiger partial charge in [0.05, 0.1) is 11.5 Å². The van der Waals surface area contributed by atoms with Gasteiger partial charge in [0, 0.05) is 22.3 Å². The lowest BCUT2D eigenvalue weighted by Crippen LogP contribution is -2.23. The van der Waals surface area contributed by atoms with Gasteiger partial charge in [-0.05, 0) is 39.6 Å². The number of hydrogen-bond acceptors (Lipinski definition) is 8. The molecule has 0 aliphatic carbocycles. The standard InChI is InChI=1S/C21H16N4O5S/c26-21(24-29-12-14-4-2-1-3-5-14)16-8-6-15(7-9-16)13-31-18-11-10-17(25(27)28)19-20(18)23-30-22-19/h1-11H,12-13H2,(H,24,26). The van der Waals surface area contributed by atoms with Crippen molar-refractivity contribution in [3.05, 3.63) is 93.5 Å². The van der Waals surface area contributed by atoms with Crippen molar-refractivity contribution < 1.29 is 19.2 Å². The Morgan fingerprint density at radius 3 is 2.48 bits per heavy atom. The van der Waals surface area contributed by atoms with E-state index in [9.17, 15) is 14.9 Å². The molecule has 1 heterocycles. The molecule has 9 nitrogen and oxygen atoms in total. The zero-order valence-electron chi connectivity index (χ0n) is 16.1. The number of hydrogen-bond donors (Lipinski definition) is 1. The maximum atomic E-state index is 12.2. The highest BCUT2D eigenvalue weighted by Crippen LogP contribution is 2.33. The topological polar surface area (TPSA) is 120 Å². The molecule has 3 aromatic carbocycles. The van der Waals surface area contributed by atoms with Crippen LogP contribution in [0, 0.1) is 10.1 Å². The van der Waals surface area contributed by atoms with Crippen LogP contribution in [0.15, 0.2) is 76.3 Å². The maximum absolute atomic E-state index is 12.2. The summed E-state index contributed by atoms with van der Waals surface area (Å²) >= 11 is 1.44. The van der Waals surface area contributed by atoms with Gasteiger partial charge >= 0.3 is 5.69 Å². The van der Waals surface area contributed by atoms with Gasteiger partial charge in [-0.1, -0.05) is 42.5 Å². The molecule has 1 N–H and O–H groups in total. The summed E-state index contributed by atoms with van der Waals surface area (Å²) in [5.41, 5.74) is 5.16. The van der Waals surface area contributed by atoms with E-state index >= 15 is 0 Å². The van der Waals surface area contributed by atoms with Crippen molar-refractivity contribution in [1.82, 2.24) is 15.8 Å². The molecule has 156 valence electrons. The molecule has 0 atom stereocenters. The van der Waals surface area contributed by atoms with Crippen molar-refractivity contribution in [2.45, 2.75) is 17.3 Å². The number of fused-ring (bicyclic) bond motifs is 1. The summed E-state index contributed by atoms with van der Waals surface area (Å²) in [5, 5.41) is 18.5. The molecule has 0 saturated carbocycles. The summed E-state index contributed by atoms with van der Waals surface area (Å²) in [4.78, 5) is 28.7. The monoisotopic (exact) mass is 436 g/mol. The summed E-state index contributed by atoms with van der Waals surface area (Å²) in [5.74, 6) is 0.243. The van der Waals surface area contributed by atoms with E-state index in [1.54, 1.807) is 18.2 Å². The van der Waals surface area contributed by atoms with Gasteiger partial charge in [-0.15, -0.1) is 11.8 Å². The Balaban J connectivity index is 1.34. The van der Waals surface area contributed by atoms with Crippen molar-refractivity contribution in [3.63, 3.8) is 0 Å². The first-order chi connectivity index (χ1) is 15.1. The third-order valence-corrected chi connectivity index (χ3v) is 5.53. The van der Waals surface area contributed by atoms with Crippen molar-refractivity contribution in [3.8, 4) is 0 Å². The summed E-state index contributed by atoms with van der Waals surface area (Å²) in [7, 11) is 0. The van der Waals surface area contributed by atoms with Gasteiger partial charge in [0.25, 0.3) is 5.91 Å². The van der Waals surface area contributed by atoms with Crippen molar-refractivity contribution in [1.29, 1.82) is 0 Å². The number of amides is 1. The number of nitrogens with zero attached hydrogens (tertiary/aromatic N) is 3. The number of aromatic nitrogens is 2. The highest BCUT2D eigenvalue weighted by molar-refractivity contribution is 7.98. The minimum absolute atomic E-state index is 0.123. The van der Waals surface area contributed by atoms with Crippen LogP contribution in [0.5, 0.6) is 0 Å². The number of nitrogens with one attached hydrogen (secondary N) is 1. The predicted molar refractivity (Wildman–Crippen MR) is 113 cm³/mol. The molecule has 31 heavy (non-hydrogen) atoms. The van der Waals surface area contributed by atoms with E-state index in [0.717, 1.165) is 16.0 Å². The third-order valence-electron chi connectivity index (χ3n) is 4.41. The molecule has 0 aliphatic heterocycles. The summed E-state index contributed by atoms with van der Waals surface area (Å²) in [6.45, 7) is 0.280. The molecule has 0 unspecified atom stereocenters. The van der Waals surface area contributed by atoms with Crippen LogP contribution in [0.25, 0.3) is 11.0 Å². The Morgan fingerprint density at radius 1 is 1.00 bits per heavy atom. The second kappa shape index (κ2) is 9.37. The molecule has 0 aliphatic rings. The van der Waals surface area contributed by atoms with Crippen molar-refractivity contribution in [2.75, 3.05) is 0 Å². The molecule has 0 radical (unpaired) electrons. The van der Waals surface area contributed by atoms with Crippen molar-refractivity contribution in [2.24, 2.45) is 0 Å². The Hall–Kier alpha value is -3.76. The van der Waals surface area contributed by atoms with Crippen LogP contribution in [-0.4, -0.2) is 21.1 Å². The smallest absolute Gasteiger partial charge is 0.269 e. The average Bonchev–Trinajstić information content (AvgIpc) is 3.28. The average molecular weight is 436 g/mol. The Morgan fingerprint density at radius 2 is 1.74 bits per heavy atom. The number of carbonyl (C=O) groups is 1. The molecule has 0 spiro atoms. The number of nitro benzene ring substituents is 1. The first-order valence-electron chi connectivity index (χ1n) is 9.19. The lowest BCUT2D eigenvalue weighted by atomic mass is 10.1. The Bertz CT molecular complexity index is 1210. The normalized spacial score (nSPS) is 10.8. The van der Waals surface area contributed by atoms with Crippen LogP contribution in [0.2, 0.25) is 0 Å². The largest absolute Gasteiger partial charge is 0.300 e. The fourth-order valence-corrected chi connectivity index (χ4v) is 3.78. The number of non-ortho nitro benzene ring substituents is 1. The number of benzene rings is 3. The van der Waals surface area contributed by atoms with Gasteiger partial charge in [-0.25, -0.2) is 10.1 Å². The van der Waals surface area contributed by atoms with Crippen molar-refractivity contribution >= 4 is 34.4 Å². The molecule has 4 aromatic rings. The fraction of sp³-hybridized carbons (Fsp3) is 0.0952. The minimum Gasteiger partial charge on any atom is -0.269 e. The van der Waals surface area contributed by atoms with Gasteiger partial charge < -0.3 is 0 Å². The minimum atomic E-state index is -0.520. The van der Waals surface area contributed by atoms with Crippen LogP contribution >= 0.6 is 11.8 Å². The number of carbonyl (C=O) groups excluding carboxylic acids is 1. The third kappa shape index (κ3) is 4.87. The zero-order valence-corrected chi connectivity index (χ0v) is 16.9. The fourth-order valence-electron chi connectivity index (χ4n) is 2.83. The number of nitro groups is 1. The summed E-state index contributed by atoms with van der Waals surface area (Å²) < 4.78 is 4.68. The molecule has 4 rings (SSSR count). The molecule has 0 bridgehead atoms. The molecule has 10 heteroatoms. The van der Waals surface area contributed by atoms with Gasteiger partial charge in [0.1, 0.15) is 0 Å². The van der Waals surface area contributed by atoms with E-state index in [1.807, 2.05) is 42.5 Å². The molecule has 1 aromatic heterocycles. The van der Waals surface area contributed by atoms with Gasteiger partial charge in [0.2, 0.25) is 5.52 Å². The van der Waals surface area contributed by atoms with Gasteiger partial charge in [-0.2, -0.15) is 0 Å². The van der Waals surface area contributed by atoms with Gasteiger partial charge in [0.15, 0.2) is 5.52 Å². The molecular formula is C21H16N4O5S. The molecule has 1 amide bonds. The van der Waals surface area contributed by atoms with E-state index in [-0.39, 0.29) is 23.7 Å². The van der Waals surface area contributed by atoms with E-state index in [4.69, 9.17) is 4.84 Å². The van der Waals surface area contributed by atoms with Crippen LogP contribution < -0.4 is 5.48 Å². The van der Waals surface area contributed by atoms with Crippen LogP contribution in [0.1, 0.15) is 21.5 Å². The van der Waals surface area contributed by atoms with Crippen LogP contribution in [-0.2, 0) is 17.2 Å². The van der Waals surface area contributed by atoms with Gasteiger partial charge in [-0.3, -0.25) is 19.7 Å². The highest BCUT2D eigenvalue weighted by atomic mass is 32.2. The first-order valence-corrected chi connectivity index (χ1v) is 10.2. The maximum Gasteiger partial charge on any atom is 0.300 e. The summed E-state index contributed by atoms with van der Waals surface area (Å²) in [6.07, 6.45) is 0. The quantitative estimate of drug-likeness (QED) is 0.247. The van der Waals surface area contributed by atoms with Crippen LogP contribution in [0.3, 0.4) is 0 Å². The molecular weight excluding hydrogens is 420 g/mol. The van der Waals surface area contributed by atoms with E-state index in [2.05, 4.69) is 20.4 Å². The Kier molecular flexibility index (Phi) is 6.20. The SMILES string of the molecule is O=C(NOCc1ccccc1)c1ccc(CSc2ccc([N+](=O)[O-])c3nonc23)cc1. The Labute approximate surface area is 180 Å². The second-order valence-corrected chi connectivity index (χ2v) is 7.51. The highest BCUT2D eigenvalue weighted by Gasteiger charge is 2.19. The summed E-state index contributed by atoms with van der Waals surface area (Å²) in [6, 6.07) is 19.6. The number of hydroxylamine groups is 1. The zero-order chi connectivity index (χ0) is 21.6. The molecule has 0 fully saturated rings. The van der Waals surface area contributed by atoms with E-state index < -0.39 is 4.92 Å². The number of rotatable bonds is 8. The van der Waals surface area contributed by atoms with Crippen LogP contribution in [0.4, 0.5) is 5.69 Å². The first kappa shape index (κ1) is 20.5. The second-order valence-electron chi connectivity index (χ2n) is 6.49. The number of thioether (sulfide) groups is 1. The lowest BCUT2D eigenvalue weighted by Gasteiger charge is -2.07. The van der Waals surface area contributed by atoms with E-state index in [0.29, 0.717) is 16.8 Å². The predicted octanol–water partition coefficient (Wildman–Crippen LogP) is 4.28. The molecule has 0 saturated heterocycles.